The molecule has 1 aliphatic carbocycles. The number of benzene rings is 1. The molecule has 0 unspecified atom stereocenters. The van der Waals surface area contributed by atoms with Crippen molar-refractivity contribution in [2.75, 3.05) is 18.5 Å². The number of anilines is 1. The lowest BCUT2D eigenvalue weighted by molar-refractivity contribution is 0.0492. The molecule has 36 heavy (non-hydrogen) atoms. The minimum Gasteiger partial charge on any atom is -0.484 e. The Balaban J connectivity index is 1.26. The van der Waals surface area contributed by atoms with Crippen LogP contribution >= 0.6 is 0 Å². The molecular weight excluding hydrogens is 458 g/mol. The lowest BCUT2D eigenvalue weighted by Gasteiger charge is -2.30. The molecule has 0 bridgehead atoms. The highest BCUT2D eigenvalue weighted by Gasteiger charge is 2.25. The van der Waals surface area contributed by atoms with Crippen molar-refractivity contribution in [3.63, 3.8) is 0 Å². The van der Waals surface area contributed by atoms with E-state index in [-0.39, 0.29) is 18.2 Å². The van der Waals surface area contributed by atoms with Gasteiger partial charge in [0.05, 0.1) is 11.2 Å². The first kappa shape index (κ1) is 24.1. The highest BCUT2D eigenvalue weighted by atomic mass is 16.6. The smallest absolute Gasteiger partial charge is 0.407 e. The van der Waals surface area contributed by atoms with Gasteiger partial charge in [0.2, 0.25) is 5.95 Å². The van der Waals surface area contributed by atoms with Gasteiger partial charge in [-0.05, 0) is 77.1 Å². The summed E-state index contributed by atoms with van der Waals surface area (Å²) < 4.78 is 16.9. The summed E-state index contributed by atoms with van der Waals surface area (Å²) in [5.74, 6) is 1.84. The van der Waals surface area contributed by atoms with E-state index in [1.54, 1.807) is 6.20 Å². The number of amides is 1. The van der Waals surface area contributed by atoms with Crippen molar-refractivity contribution in [3.05, 3.63) is 36.2 Å². The summed E-state index contributed by atoms with van der Waals surface area (Å²) in [6.45, 7) is 8.63. The van der Waals surface area contributed by atoms with E-state index in [1.807, 2.05) is 45.9 Å². The zero-order valence-corrected chi connectivity index (χ0v) is 21.3. The lowest BCUT2D eigenvalue weighted by atomic mass is 9.91. The molecule has 0 atom stereocenters. The Hall–Kier alpha value is -3.62. The number of rotatable bonds is 4. The van der Waals surface area contributed by atoms with E-state index in [4.69, 9.17) is 24.2 Å². The third-order valence-corrected chi connectivity index (χ3v) is 6.42. The second-order valence-corrected chi connectivity index (χ2v) is 10.4. The van der Waals surface area contributed by atoms with E-state index in [1.165, 1.54) is 0 Å². The van der Waals surface area contributed by atoms with E-state index in [9.17, 15) is 4.79 Å². The second-order valence-electron chi connectivity index (χ2n) is 10.4. The van der Waals surface area contributed by atoms with E-state index in [2.05, 4.69) is 21.7 Å². The molecule has 1 aromatic carbocycles. The predicted molar refractivity (Wildman–Crippen MR) is 138 cm³/mol. The van der Waals surface area contributed by atoms with Crippen molar-refractivity contribution >= 4 is 22.9 Å². The topological polar surface area (TPSA) is 107 Å². The first-order chi connectivity index (χ1) is 17.2. The third kappa shape index (κ3) is 5.45. The van der Waals surface area contributed by atoms with E-state index in [0.717, 1.165) is 53.4 Å². The van der Waals surface area contributed by atoms with Crippen LogP contribution in [0.3, 0.4) is 0 Å². The molecule has 2 aliphatic rings. The third-order valence-electron chi connectivity index (χ3n) is 6.42. The molecule has 9 nitrogen and oxygen atoms in total. The monoisotopic (exact) mass is 491 g/mol. The maximum atomic E-state index is 12.1. The molecule has 0 spiro atoms. The number of nitrogens with zero attached hydrogens (tertiary/aromatic N) is 3. The quantitative estimate of drug-likeness (QED) is 0.524. The number of aromatic nitrogens is 3. The van der Waals surface area contributed by atoms with Crippen LogP contribution in [0.25, 0.3) is 22.0 Å². The molecule has 1 fully saturated rings. The van der Waals surface area contributed by atoms with Crippen LogP contribution in [0, 0.1) is 6.92 Å². The molecule has 0 saturated heterocycles. The van der Waals surface area contributed by atoms with E-state index < -0.39 is 5.60 Å². The Kier molecular flexibility index (Phi) is 6.55. The molecule has 9 heteroatoms. The van der Waals surface area contributed by atoms with Gasteiger partial charge in [-0.3, -0.25) is 0 Å². The number of aryl methyl sites for hydroxylation is 1. The van der Waals surface area contributed by atoms with Crippen LogP contribution in [0.4, 0.5) is 10.7 Å². The highest BCUT2D eigenvalue weighted by Crippen LogP contribution is 2.39. The van der Waals surface area contributed by atoms with Gasteiger partial charge in [0.15, 0.2) is 5.75 Å². The Morgan fingerprint density at radius 3 is 2.56 bits per heavy atom. The van der Waals surface area contributed by atoms with Crippen LogP contribution in [-0.2, 0) is 4.74 Å². The van der Waals surface area contributed by atoms with E-state index in [0.29, 0.717) is 30.8 Å². The maximum Gasteiger partial charge on any atom is 0.407 e. The van der Waals surface area contributed by atoms with Crippen LogP contribution in [0.5, 0.6) is 11.6 Å². The summed E-state index contributed by atoms with van der Waals surface area (Å²) in [5.41, 5.74) is 3.25. The van der Waals surface area contributed by atoms with Gasteiger partial charge in [-0.25, -0.2) is 19.7 Å². The lowest BCUT2D eigenvalue weighted by Crippen LogP contribution is -2.42. The summed E-state index contributed by atoms with van der Waals surface area (Å²) in [6, 6.07) is 8.48. The van der Waals surface area contributed by atoms with Crippen molar-refractivity contribution in [1.82, 2.24) is 20.3 Å². The molecule has 3 heterocycles. The number of carbonyl (C=O) groups is 1. The Labute approximate surface area is 211 Å². The minimum absolute atomic E-state index is 0.129. The fraction of sp³-hybridized carbons (Fsp3) is 0.481. The van der Waals surface area contributed by atoms with Gasteiger partial charge in [-0.1, -0.05) is 6.07 Å². The van der Waals surface area contributed by atoms with Gasteiger partial charge in [0.1, 0.15) is 18.8 Å². The zero-order valence-electron chi connectivity index (χ0n) is 21.3. The Morgan fingerprint density at radius 1 is 1.03 bits per heavy atom. The fourth-order valence-electron chi connectivity index (χ4n) is 4.73. The van der Waals surface area contributed by atoms with Gasteiger partial charge >= 0.3 is 6.09 Å². The van der Waals surface area contributed by atoms with Crippen molar-refractivity contribution in [2.45, 2.75) is 71.1 Å². The van der Waals surface area contributed by atoms with Crippen molar-refractivity contribution in [3.8, 4) is 22.8 Å². The van der Waals surface area contributed by atoms with Gasteiger partial charge in [0.25, 0.3) is 5.88 Å². The normalized spacial score (nSPS) is 19.6. The first-order valence-corrected chi connectivity index (χ1v) is 12.5. The molecule has 5 rings (SSSR count). The summed E-state index contributed by atoms with van der Waals surface area (Å²) in [5, 5.41) is 7.48. The first-order valence-electron chi connectivity index (χ1n) is 12.5. The SMILES string of the molecule is Cc1nc(N[C@H]2CC[C@@H](NC(=O)OC(C)(C)C)CC2)nc2ccc(-c3ccnc4c3OCCO4)cc12. The van der Waals surface area contributed by atoms with Gasteiger partial charge in [-0.2, -0.15) is 0 Å². The predicted octanol–water partition coefficient (Wildman–Crippen LogP) is 5.02. The highest BCUT2D eigenvalue weighted by molar-refractivity contribution is 5.88. The summed E-state index contributed by atoms with van der Waals surface area (Å²) in [7, 11) is 0. The number of carbonyl (C=O) groups excluding carboxylic acids is 1. The van der Waals surface area contributed by atoms with E-state index >= 15 is 0 Å². The molecular formula is C27H33N5O4. The largest absolute Gasteiger partial charge is 0.484 e. The van der Waals surface area contributed by atoms with Gasteiger partial charge in [0, 0.05) is 29.2 Å². The van der Waals surface area contributed by atoms with Crippen molar-refractivity contribution in [1.29, 1.82) is 0 Å². The number of pyridine rings is 1. The number of alkyl carbamates (subject to hydrolysis) is 1. The average molecular weight is 492 g/mol. The Morgan fingerprint density at radius 2 is 1.78 bits per heavy atom. The molecule has 0 radical (unpaired) electrons. The molecule has 1 amide bonds. The molecule has 190 valence electrons. The molecule has 2 aromatic heterocycles. The van der Waals surface area contributed by atoms with Crippen LogP contribution in [-0.4, -0.2) is 51.9 Å². The van der Waals surface area contributed by atoms with Crippen LogP contribution in [0.1, 0.15) is 52.1 Å². The van der Waals surface area contributed by atoms with Gasteiger partial charge in [-0.15, -0.1) is 0 Å². The maximum absolute atomic E-state index is 12.1. The molecule has 1 aliphatic heterocycles. The molecule has 2 N–H and O–H groups in total. The van der Waals surface area contributed by atoms with Crippen LogP contribution in [0.2, 0.25) is 0 Å². The number of hydrogen-bond acceptors (Lipinski definition) is 8. The molecule has 3 aromatic rings. The summed E-state index contributed by atoms with van der Waals surface area (Å²) >= 11 is 0. The number of hydrogen-bond donors (Lipinski definition) is 2. The number of fused-ring (bicyclic) bond motifs is 2. The van der Waals surface area contributed by atoms with Crippen molar-refractivity contribution in [2.24, 2.45) is 0 Å². The summed E-state index contributed by atoms with van der Waals surface area (Å²) in [4.78, 5) is 25.9. The number of ether oxygens (including phenoxy) is 3. The second kappa shape index (κ2) is 9.79. The summed E-state index contributed by atoms with van der Waals surface area (Å²) in [6.07, 6.45) is 5.01. The Bertz CT molecular complexity index is 1260. The standard InChI is InChI=1S/C27H33N5O4/c1-16-21-15-17(20-11-12-28-24-23(20)34-13-14-35-24)5-10-22(21)32-25(29-16)30-18-6-8-19(9-7-18)31-26(33)36-27(2,3)4/h5,10-12,15,18-19H,6-9,13-14H2,1-4H3,(H,31,33)(H,29,30,32)/t18-,19+. The minimum atomic E-state index is -0.491. The van der Waals surface area contributed by atoms with Crippen LogP contribution < -0.4 is 20.1 Å². The number of nitrogens with one attached hydrogen (secondary N) is 2. The fourth-order valence-corrected chi connectivity index (χ4v) is 4.73. The average Bonchev–Trinajstić information content (AvgIpc) is 2.84. The van der Waals surface area contributed by atoms with Crippen molar-refractivity contribution < 1.29 is 19.0 Å². The van der Waals surface area contributed by atoms with Gasteiger partial charge < -0.3 is 24.8 Å². The zero-order chi connectivity index (χ0) is 25.3. The van der Waals surface area contributed by atoms with Crippen LogP contribution in [0.15, 0.2) is 30.5 Å². The molecule has 1 saturated carbocycles.